The third-order valence-corrected chi connectivity index (χ3v) is 5.22. The van der Waals surface area contributed by atoms with E-state index in [1.807, 2.05) is 18.2 Å². The van der Waals surface area contributed by atoms with Crippen LogP contribution in [-0.4, -0.2) is 41.6 Å². The molecule has 0 radical (unpaired) electrons. The Kier molecular flexibility index (Phi) is 5.12. The molecular formula is C22H21N3O4. The van der Waals surface area contributed by atoms with Gasteiger partial charge >= 0.3 is 0 Å². The van der Waals surface area contributed by atoms with Crippen molar-refractivity contribution in [1.29, 1.82) is 0 Å². The van der Waals surface area contributed by atoms with Gasteiger partial charge in [-0.15, -0.1) is 0 Å². The standard InChI is InChI=1S/C22H21N3O4/c26-19-14-25(18-11-6-5-10-17(18)23-19)20(27)12-2-1-7-13-24-21(28)15-8-3-4-9-16(15)22(24)29/h3-6,8-11H,1-2,7,12-14H2,(H,23,26). The first kappa shape index (κ1) is 18.9. The molecule has 2 aromatic carbocycles. The van der Waals surface area contributed by atoms with Gasteiger partial charge in [0.15, 0.2) is 0 Å². The van der Waals surface area contributed by atoms with E-state index < -0.39 is 0 Å². The lowest BCUT2D eigenvalue weighted by Crippen LogP contribution is -2.42. The Bertz CT molecular complexity index is 966. The second kappa shape index (κ2) is 7.87. The fourth-order valence-electron chi connectivity index (χ4n) is 3.76. The van der Waals surface area contributed by atoms with Crippen LogP contribution >= 0.6 is 0 Å². The van der Waals surface area contributed by atoms with Crippen LogP contribution < -0.4 is 10.2 Å². The van der Waals surface area contributed by atoms with Crippen LogP contribution in [0.15, 0.2) is 48.5 Å². The van der Waals surface area contributed by atoms with Crippen molar-refractivity contribution >= 4 is 35.0 Å². The summed E-state index contributed by atoms with van der Waals surface area (Å²) in [7, 11) is 0. The molecule has 148 valence electrons. The van der Waals surface area contributed by atoms with Crippen molar-refractivity contribution in [3.05, 3.63) is 59.7 Å². The largest absolute Gasteiger partial charge is 0.323 e. The van der Waals surface area contributed by atoms with Gasteiger partial charge in [0.05, 0.1) is 22.5 Å². The van der Waals surface area contributed by atoms with Crippen molar-refractivity contribution in [3.63, 3.8) is 0 Å². The first-order valence-corrected chi connectivity index (χ1v) is 9.71. The summed E-state index contributed by atoms with van der Waals surface area (Å²) >= 11 is 0. The molecule has 0 saturated carbocycles. The van der Waals surface area contributed by atoms with E-state index in [1.54, 1.807) is 30.3 Å². The molecule has 0 fully saturated rings. The third-order valence-electron chi connectivity index (χ3n) is 5.22. The summed E-state index contributed by atoms with van der Waals surface area (Å²) in [6.07, 6.45) is 2.28. The highest BCUT2D eigenvalue weighted by Crippen LogP contribution is 2.29. The van der Waals surface area contributed by atoms with Crippen LogP contribution in [0.2, 0.25) is 0 Å². The van der Waals surface area contributed by atoms with E-state index in [0.29, 0.717) is 54.7 Å². The molecule has 4 rings (SSSR count). The van der Waals surface area contributed by atoms with Gasteiger partial charge in [0, 0.05) is 13.0 Å². The first-order valence-electron chi connectivity index (χ1n) is 9.71. The SMILES string of the molecule is O=C1CN(C(=O)CCCCCN2C(=O)c3ccccc3C2=O)c2ccccc2N1. The lowest BCUT2D eigenvalue weighted by atomic mass is 10.1. The van der Waals surface area contributed by atoms with Crippen molar-refractivity contribution in [2.24, 2.45) is 0 Å². The average Bonchev–Trinajstić information content (AvgIpc) is 2.97. The van der Waals surface area contributed by atoms with Crippen LogP contribution in [0.1, 0.15) is 46.4 Å². The van der Waals surface area contributed by atoms with Crippen LogP contribution in [0.5, 0.6) is 0 Å². The molecule has 7 heteroatoms. The minimum Gasteiger partial charge on any atom is -0.323 e. The number of rotatable bonds is 6. The van der Waals surface area contributed by atoms with E-state index in [1.165, 1.54) is 9.80 Å². The van der Waals surface area contributed by atoms with Crippen LogP contribution in [0.3, 0.4) is 0 Å². The number of nitrogens with zero attached hydrogens (tertiary/aromatic N) is 2. The molecule has 2 aliphatic heterocycles. The summed E-state index contributed by atoms with van der Waals surface area (Å²) in [6.45, 7) is 0.361. The maximum atomic E-state index is 12.6. The number of nitrogens with one attached hydrogen (secondary N) is 1. The molecule has 2 heterocycles. The molecule has 7 nitrogen and oxygen atoms in total. The van der Waals surface area contributed by atoms with Gasteiger partial charge in [-0.05, 0) is 37.1 Å². The monoisotopic (exact) mass is 391 g/mol. The maximum Gasteiger partial charge on any atom is 0.261 e. The molecule has 0 aromatic heterocycles. The number of amides is 4. The van der Waals surface area contributed by atoms with Gasteiger partial charge in [0.1, 0.15) is 6.54 Å². The topological polar surface area (TPSA) is 86.8 Å². The van der Waals surface area contributed by atoms with Crippen LogP contribution in [0.25, 0.3) is 0 Å². The molecule has 2 aliphatic rings. The fourth-order valence-corrected chi connectivity index (χ4v) is 3.76. The van der Waals surface area contributed by atoms with E-state index in [9.17, 15) is 19.2 Å². The lowest BCUT2D eigenvalue weighted by molar-refractivity contribution is -0.122. The summed E-state index contributed by atoms with van der Waals surface area (Å²) in [5, 5.41) is 2.77. The molecule has 0 bridgehead atoms. The number of benzene rings is 2. The Balaban J connectivity index is 1.27. The van der Waals surface area contributed by atoms with Crippen LogP contribution in [-0.2, 0) is 9.59 Å². The molecule has 1 N–H and O–H groups in total. The molecule has 0 unspecified atom stereocenters. The van der Waals surface area contributed by atoms with Crippen molar-refractivity contribution in [1.82, 2.24) is 4.90 Å². The highest BCUT2D eigenvalue weighted by Gasteiger charge is 2.34. The second-order valence-corrected chi connectivity index (χ2v) is 7.16. The number of hydrogen-bond donors (Lipinski definition) is 1. The van der Waals surface area contributed by atoms with E-state index in [0.717, 1.165) is 0 Å². The predicted molar refractivity (Wildman–Crippen MR) is 108 cm³/mol. The van der Waals surface area contributed by atoms with E-state index in [2.05, 4.69) is 5.32 Å². The Morgan fingerprint density at radius 2 is 1.52 bits per heavy atom. The highest BCUT2D eigenvalue weighted by atomic mass is 16.2. The van der Waals surface area contributed by atoms with Crippen molar-refractivity contribution < 1.29 is 19.2 Å². The number of unbranched alkanes of at least 4 members (excludes halogenated alkanes) is 2. The molecule has 0 spiro atoms. The van der Waals surface area contributed by atoms with Crippen molar-refractivity contribution in [3.8, 4) is 0 Å². The van der Waals surface area contributed by atoms with E-state index in [4.69, 9.17) is 0 Å². The molecule has 0 aliphatic carbocycles. The van der Waals surface area contributed by atoms with Gasteiger partial charge < -0.3 is 10.2 Å². The summed E-state index contributed by atoms with van der Waals surface area (Å²) in [6, 6.07) is 14.1. The minimum atomic E-state index is -0.252. The zero-order valence-electron chi connectivity index (χ0n) is 15.9. The van der Waals surface area contributed by atoms with Gasteiger partial charge in [0.25, 0.3) is 11.8 Å². The number of hydrogen-bond acceptors (Lipinski definition) is 4. The smallest absolute Gasteiger partial charge is 0.261 e. The molecular weight excluding hydrogens is 370 g/mol. The average molecular weight is 391 g/mol. The first-order chi connectivity index (χ1) is 14.1. The fraction of sp³-hybridized carbons (Fsp3) is 0.273. The molecule has 0 atom stereocenters. The zero-order valence-corrected chi connectivity index (χ0v) is 15.9. The lowest BCUT2D eigenvalue weighted by Gasteiger charge is -2.29. The summed E-state index contributed by atoms with van der Waals surface area (Å²) in [5.41, 5.74) is 2.26. The number of fused-ring (bicyclic) bond motifs is 2. The minimum absolute atomic E-state index is 0.0187. The van der Waals surface area contributed by atoms with Crippen molar-refractivity contribution in [2.75, 3.05) is 23.3 Å². The normalized spacial score (nSPS) is 15.2. The number of para-hydroxylation sites is 2. The third kappa shape index (κ3) is 3.63. The van der Waals surface area contributed by atoms with E-state index in [-0.39, 0.29) is 30.2 Å². The number of anilines is 2. The molecule has 0 saturated heterocycles. The highest BCUT2D eigenvalue weighted by molar-refractivity contribution is 6.21. The van der Waals surface area contributed by atoms with Crippen molar-refractivity contribution in [2.45, 2.75) is 25.7 Å². The Morgan fingerprint density at radius 1 is 0.862 bits per heavy atom. The Morgan fingerprint density at radius 3 is 2.24 bits per heavy atom. The van der Waals surface area contributed by atoms with Gasteiger partial charge in [-0.2, -0.15) is 0 Å². The summed E-state index contributed by atoms with van der Waals surface area (Å²) < 4.78 is 0. The quantitative estimate of drug-likeness (QED) is 0.606. The van der Waals surface area contributed by atoms with Gasteiger partial charge in [-0.3, -0.25) is 24.1 Å². The Hall–Kier alpha value is -3.48. The number of carbonyl (C=O) groups is 4. The predicted octanol–water partition coefficient (Wildman–Crippen LogP) is 2.83. The maximum absolute atomic E-state index is 12.6. The van der Waals surface area contributed by atoms with Gasteiger partial charge in [-0.1, -0.05) is 30.7 Å². The molecule has 2 aromatic rings. The molecule has 4 amide bonds. The van der Waals surface area contributed by atoms with E-state index >= 15 is 0 Å². The Labute approximate surface area is 168 Å². The second-order valence-electron chi connectivity index (χ2n) is 7.16. The van der Waals surface area contributed by atoms with Crippen LogP contribution in [0.4, 0.5) is 11.4 Å². The number of imide groups is 1. The van der Waals surface area contributed by atoms with Gasteiger partial charge in [-0.25, -0.2) is 0 Å². The van der Waals surface area contributed by atoms with Gasteiger partial charge in [0.2, 0.25) is 11.8 Å². The summed E-state index contributed by atoms with van der Waals surface area (Å²) in [4.78, 5) is 51.9. The number of carbonyl (C=O) groups excluding carboxylic acids is 4. The summed E-state index contributed by atoms with van der Waals surface area (Å²) in [5.74, 6) is -0.814. The van der Waals surface area contributed by atoms with Crippen LogP contribution in [0, 0.1) is 0 Å². The molecule has 29 heavy (non-hydrogen) atoms. The zero-order chi connectivity index (χ0) is 20.4.